The average molecular weight is 626 g/mol. The number of halogens is 2. The lowest BCUT2D eigenvalue weighted by atomic mass is 9.90. The van der Waals surface area contributed by atoms with Crippen molar-refractivity contribution in [1.29, 1.82) is 5.26 Å². The maximum Gasteiger partial charge on any atom is 0.251 e. The second-order valence-electron chi connectivity index (χ2n) is 12.0. The van der Waals surface area contributed by atoms with Gasteiger partial charge in [0.1, 0.15) is 17.9 Å². The topological polar surface area (TPSA) is 126 Å². The highest BCUT2D eigenvalue weighted by molar-refractivity contribution is 6.11. The number of H-pyrrole nitrogens is 1. The Morgan fingerprint density at radius 1 is 1.11 bits per heavy atom. The highest BCUT2D eigenvalue weighted by Gasteiger charge is 2.46. The summed E-state index contributed by atoms with van der Waals surface area (Å²) in [4.78, 5) is 51.5. The van der Waals surface area contributed by atoms with Crippen molar-refractivity contribution >= 4 is 40.1 Å². The Hall–Kier alpha value is -5.18. The van der Waals surface area contributed by atoms with Crippen molar-refractivity contribution in [3.63, 3.8) is 0 Å². The first kappa shape index (κ1) is 30.8. The average Bonchev–Trinajstić information content (AvgIpc) is 3.69. The number of hydrogen-bond acceptors (Lipinski definition) is 6. The minimum atomic E-state index is -2.77. The summed E-state index contributed by atoms with van der Waals surface area (Å²) in [6.45, 7) is 1.85. The molecule has 6 rings (SSSR count). The molecule has 0 spiro atoms. The van der Waals surface area contributed by atoms with Crippen LogP contribution in [-0.4, -0.2) is 62.9 Å². The molecule has 2 fully saturated rings. The van der Waals surface area contributed by atoms with E-state index in [2.05, 4.69) is 15.2 Å². The number of nitrogens with one attached hydrogen (secondary N) is 1. The molecule has 2 aliphatic rings. The van der Waals surface area contributed by atoms with Crippen molar-refractivity contribution in [3.05, 3.63) is 83.7 Å². The lowest BCUT2D eigenvalue weighted by Crippen LogP contribution is -2.53. The molecular formula is C34H33F2N7O3. The van der Waals surface area contributed by atoms with Crippen molar-refractivity contribution in [2.45, 2.75) is 69.5 Å². The van der Waals surface area contributed by atoms with E-state index in [0.717, 1.165) is 11.1 Å². The van der Waals surface area contributed by atoms with E-state index in [9.17, 15) is 28.4 Å². The van der Waals surface area contributed by atoms with E-state index in [0.29, 0.717) is 16.6 Å². The molecule has 0 radical (unpaired) electrons. The maximum absolute atomic E-state index is 15.0. The number of rotatable bonds is 7. The van der Waals surface area contributed by atoms with Crippen LogP contribution in [0.3, 0.4) is 0 Å². The Kier molecular flexibility index (Phi) is 8.25. The first-order valence-electron chi connectivity index (χ1n) is 15.2. The summed E-state index contributed by atoms with van der Waals surface area (Å²) < 4.78 is 28.2. The number of hydrogen-bond donors (Lipinski definition) is 1. The van der Waals surface area contributed by atoms with Gasteiger partial charge < -0.3 is 4.90 Å². The summed E-state index contributed by atoms with van der Waals surface area (Å²) >= 11 is 0. The van der Waals surface area contributed by atoms with Gasteiger partial charge in [-0.15, -0.1) is 0 Å². The van der Waals surface area contributed by atoms with Gasteiger partial charge in [-0.3, -0.25) is 29.3 Å². The molecule has 2 aromatic carbocycles. The number of nitrogens with zero attached hydrogens (tertiary/aromatic N) is 6. The molecule has 2 atom stereocenters. The van der Waals surface area contributed by atoms with Gasteiger partial charge in [0.05, 0.1) is 23.3 Å². The molecule has 2 aromatic heterocycles. The second-order valence-corrected chi connectivity index (χ2v) is 12.0. The molecule has 0 bridgehead atoms. The monoisotopic (exact) mass is 625 g/mol. The van der Waals surface area contributed by atoms with Gasteiger partial charge in [0.15, 0.2) is 0 Å². The molecule has 12 heteroatoms. The third-order valence-electron chi connectivity index (χ3n) is 9.12. The molecule has 4 aromatic rings. The van der Waals surface area contributed by atoms with Gasteiger partial charge in [0.25, 0.3) is 5.91 Å². The van der Waals surface area contributed by atoms with Crippen molar-refractivity contribution in [2.24, 2.45) is 0 Å². The molecule has 1 N–H and O–H groups in total. The van der Waals surface area contributed by atoms with Gasteiger partial charge in [-0.05, 0) is 67.6 Å². The molecule has 10 nitrogen and oxygen atoms in total. The zero-order chi connectivity index (χ0) is 32.6. The van der Waals surface area contributed by atoms with E-state index in [1.165, 1.54) is 33.0 Å². The zero-order valence-corrected chi connectivity index (χ0v) is 25.5. The lowest BCUT2D eigenvalue weighted by molar-refractivity contribution is -0.138. The molecular weight excluding hydrogens is 592 g/mol. The maximum atomic E-state index is 15.0. The van der Waals surface area contributed by atoms with Gasteiger partial charge in [-0.1, -0.05) is 24.3 Å². The third-order valence-corrected chi connectivity index (χ3v) is 9.12. The largest absolute Gasteiger partial charge is 0.341 e. The number of nitriles is 1. The van der Waals surface area contributed by atoms with Crippen LogP contribution in [0.1, 0.15) is 61.3 Å². The first-order chi connectivity index (χ1) is 22.1. The van der Waals surface area contributed by atoms with E-state index in [1.807, 2.05) is 25.1 Å². The van der Waals surface area contributed by atoms with Crippen molar-refractivity contribution in [1.82, 2.24) is 20.1 Å². The fraction of sp³-hybridized carbons (Fsp3) is 0.353. The van der Waals surface area contributed by atoms with Gasteiger partial charge in [-0.25, -0.2) is 13.8 Å². The summed E-state index contributed by atoms with van der Waals surface area (Å²) in [5.74, 6) is -3.87. The number of fused-ring (bicyclic) bond motifs is 1. The number of alkyl halides is 2. The van der Waals surface area contributed by atoms with E-state index < -0.39 is 35.9 Å². The Labute approximate surface area is 264 Å². The Bertz CT molecular complexity index is 1840. The van der Waals surface area contributed by atoms with Gasteiger partial charge in [0, 0.05) is 49.6 Å². The summed E-state index contributed by atoms with van der Waals surface area (Å²) in [7, 11) is 1.60. The molecule has 1 aliphatic carbocycles. The van der Waals surface area contributed by atoms with E-state index in [1.54, 1.807) is 43.6 Å². The van der Waals surface area contributed by atoms with Crippen LogP contribution in [0.2, 0.25) is 0 Å². The molecule has 3 amide bonds. The number of benzene rings is 2. The first-order valence-corrected chi connectivity index (χ1v) is 15.2. The number of carbonyl (C=O) groups is 3. The van der Waals surface area contributed by atoms with Crippen LogP contribution in [0.5, 0.6) is 0 Å². The number of aromatic nitrogens is 3. The number of aromatic amines is 1. The third kappa shape index (κ3) is 5.80. The molecule has 1 saturated carbocycles. The van der Waals surface area contributed by atoms with Crippen LogP contribution in [0.15, 0.2) is 67.0 Å². The van der Waals surface area contributed by atoms with Gasteiger partial charge >= 0.3 is 0 Å². The highest BCUT2D eigenvalue weighted by Crippen LogP contribution is 2.39. The molecule has 46 heavy (non-hydrogen) atoms. The number of amides is 3. The fourth-order valence-corrected chi connectivity index (χ4v) is 6.53. The second kappa shape index (κ2) is 12.3. The van der Waals surface area contributed by atoms with Crippen LogP contribution in [0.25, 0.3) is 10.9 Å². The smallest absolute Gasteiger partial charge is 0.251 e. The van der Waals surface area contributed by atoms with Crippen LogP contribution in [-0.2, 0) is 14.4 Å². The van der Waals surface area contributed by atoms with E-state index in [4.69, 9.17) is 0 Å². The Balaban J connectivity index is 1.48. The minimum absolute atomic E-state index is 0.0721. The van der Waals surface area contributed by atoms with Crippen molar-refractivity contribution in [3.8, 4) is 6.07 Å². The van der Waals surface area contributed by atoms with E-state index >= 15 is 0 Å². The summed E-state index contributed by atoms with van der Waals surface area (Å²) in [6, 6.07) is 14.9. The number of pyridine rings is 1. The minimum Gasteiger partial charge on any atom is -0.341 e. The number of aryl methyl sites for hydroxylation is 1. The van der Waals surface area contributed by atoms with E-state index in [-0.39, 0.29) is 55.8 Å². The van der Waals surface area contributed by atoms with Crippen LogP contribution in [0.4, 0.5) is 20.3 Å². The molecule has 236 valence electrons. The Morgan fingerprint density at radius 3 is 2.61 bits per heavy atom. The lowest BCUT2D eigenvalue weighted by Gasteiger charge is -2.40. The Morgan fingerprint density at radius 2 is 1.87 bits per heavy atom. The predicted molar refractivity (Wildman–Crippen MR) is 167 cm³/mol. The number of anilines is 2. The standard InChI is InChI=1S/C34H33F2N7O3/c1-21-5-3-4-6-26(21)31(33(46)41(2)24-11-14-34(35,36)15-12-24)42(25-7-8-27-23(18-25)20-39-40-27)32(45)28-9-10-30(44)43(28)29-17-22(19-37)13-16-38-29/h3-8,13,16-18,20,24,28,31H,9-12,14-15H2,1-2H3,(H,39,40)/t28-,31?/m0/s1. The zero-order valence-electron chi connectivity index (χ0n) is 25.5. The quantitative estimate of drug-likeness (QED) is 0.291. The SMILES string of the molecule is Cc1ccccc1C(C(=O)N(C)C1CCC(F)(F)CC1)N(C(=O)[C@@H]1CCC(=O)N1c1cc(C#N)ccn1)c1ccc2[nH]ncc2c1. The van der Waals surface area contributed by atoms with Gasteiger partial charge in [0.2, 0.25) is 17.7 Å². The summed E-state index contributed by atoms with van der Waals surface area (Å²) in [5, 5.41) is 17.2. The number of likely N-dealkylation sites (N-methyl/N-ethyl adjacent to an activating group) is 1. The van der Waals surface area contributed by atoms with Crippen molar-refractivity contribution < 1.29 is 23.2 Å². The molecule has 1 aliphatic heterocycles. The van der Waals surface area contributed by atoms with Crippen LogP contribution in [0, 0.1) is 18.3 Å². The fourth-order valence-electron chi connectivity index (χ4n) is 6.53. The molecule has 1 saturated heterocycles. The van der Waals surface area contributed by atoms with Crippen LogP contribution >= 0.6 is 0 Å². The normalized spacial score (nSPS) is 18.7. The highest BCUT2D eigenvalue weighted by atomic mass is 19.3. The molecule has 3 heterocycles. The summed E-state index contributed by atoms with van der Waals surface area (Å²) in [6.07, 6.45) is 2.89. The molecule has 1 unspecified atom stereocenters. The number of carbonyl (C=O) groups excluding carboxylic acids is 3. The predicted octanol–water partition coefficient (Wildman–Crippen LogP) is 5.44. The van der Waals surface area contributed by atoms with Crippen LogP contribution < -0.4 is 9.80 Å². The van der Waals surface area contributed by atoms with Gasteiger partial charge in [-0.2, -0.15) is 10.4 Å². The van der Waals surface area contributed by atoms with Crippen molar-refractivity contribution in [2.75, 3.05) is 16.8 Å². The summed E-state index contributed by atoms with van der Waals surface area (Å²) in [5.41, 5.74) is 2.74.